The van der Waals surface area contributed by atoms with E-state index >= 15 is 0 Å². The second-order valence-corrected chi connectivity index (χ2v) is 9.23. The zero-order valence-electron chi connectivity index (χ0n) is 19.6. The van der Waals surface area contributed by atoms with Crippen molar-refractivity contribution >= 4 is 34.9 Å². The summed E-state index contributed by atoms with van der Waals surface area (Å²) in [5, 5.41) is 1.23. The van der Waals surface area contributed by atoms with Gasteiger partial charge in [0, 0.05) is 37.3 Å². The molecule has 0 spiro atoms. The molecule has 1 aliphatic rings. The van der Waals surface area contributed by atoms with Crippen LogP contribution in [0.2, 0.25) is 10.0 Å². The lowest BCUT2D eigenvalue weighted by atomic mass is 10.0. The van der Waals surface area contributed by atoms with Crippen LogP contribution in [-0.4, -0.2) is 43.3 Å². The van der Waals surface area contributed by atoms with E-state index in [1.54, 1.807) is 19.1 Å². The molecule has 6 nitrogen and oxygen atoms in total. The van der Waals surface area contributed by atoms with Crippen molar-refractivity contribution in [2.75, 3.05) is 31.1 Å². The number of benzene rings is 3. The van der Waals surface area contributed by atoms with E-state index in [2.05, 4.69) is 46.2 Å². The molecule has 3 aromatic rings. The molecule has 0 amide bonds. The van der Waals surface area contributed by atoms with Gasteiger partial charge in [0.15, 0.2) is 0 Å². The van der Waals surface area contributed by atoms with Crippen LogP contribution >= 0.6 is 23.2 Å². The Labute approximate surface area is 216 Å². The highest BCUT2D eigenvalue weighted by atomic mass is 35.5. The van der Waals surface area contributed by atoms with Gasteiger partial charge in [-0.25, -0.2) is 4.79 Å². The van der Waals surface area contributed by atoms with Gasteiger partial charge in [0.25, 0.3) is 0 Å². The van der Waals surface area contributed by atoms with Crippen molar-refractivity contribution in [2.45, 2.75) is 25.7 Å². The van der Waals surface area contributed by atoms with Crippen molar-refractivity contribution in [3.8, 4) is 5.75 Å². The summed E-state index contributed by atoms with van der Waals surface area (Å²) in [7, 11) is 0. The highest BCUT2D eigenvalue weighted by molar-refractivity contribution is 6.33. The lowest BCUT2D eigenvalue weighted by Crippen LogP contribution is -2.48. The number of hydrogen-bond donors (Lipinski definition) is 1. The van der Waals surface area contributed by atoms with Crippen molar-refractivity contribution in [1.29, 1.82) is 0 Å². The number of carbonyl (C=O) groups is 1. The third kappa shape index (κ3) is 6.47. The summed E-state index contributed by atoms with van der Waals surface area (Å²) in [5.74, 6) is -0.213. The number of halogens is 2. The first-order chi connectivity index (χ1) is 16.9. The number of hydrogen-bond acceptors (Lipinski definition) is 6. The van der Waals surface area contributed by atoms with Gasteiger partial charge >= 0.3 is 5.97 Å². The normalized spacial score (nSPS) is 17.1. The first-order valence-electron chi connectivity index (χ1n) is 11.6. The fourth-order valence-corrected chi connectivity index (χ4v) is 4.70. The Bertz CT molecular complexity index is 1130. The molecule has 0 unspecified atom stereocenters. The predicted octanol–water partition coefficient (Wildman–Crippen LogP) is 5.28. The van der Waals surface area contributed by atoms with Crippen LogP contribution < -0.4 is 15.4 Å². The Kier molecular flexibility index (Phi) is 8.52. The topological polar surface area (TPSA) is 68.0 Å². The van der Waals surface area contributed by atoms with Gasteiger partial charge in [-0.3, -0.25) is 10.6 Å². The first-order valence-corrected chi connectivity index (χ1v) is 12.4. The van der Waals surface area contributed by atoms with E-state index in [-0.39, 0.29) is 12.6 Å². The fourth-order valence-electron chi connectivity index (χ4n) is 4.30. The van der Waals surface area contributed by atoms with E-state index in [1.807, 2.05) is 24.3 Å². The van der Waals surface area contributed by atoms with Crippen molar-refractivity contribution in [3.05, 3.63) is 94.0 Å². The van der Waals surface area contributed by atoms with Gasteiger partial charge in [-0.05, 0) is 42.3 Å². The molecule has 1 aliphatic heterocycles. The Balaban J connectivity index is 1.56. The van der Waals surface area contributed by atoms with Crippen LogP contribution in [0.1, 0.15) is 24.1 Å². The minimum Gasteiger partial charge on any atom is -0.464 e. The molecule has 184 valence electrons. The van der Waals surface area contributed by atoms with E-state index in [0.717, 1.165) is 37.4 Å². The Morgan fingerprint density at radius 1 is 1.06 bits per heavy atom. The largest absolute Gasteiger partial charge is 0.464 e. The monoisotopic (exact) mass is 513 g/mol. The van der Waals surface area contributed by atoms with E-state index < -0.39 is 12.2 Å². The average Bonchev–Trinajstić information content (AvgIpc) is 2.86. The maximum Gasteiger partial charge on any atom is 0.362 e. The minimum absolute atomic E-state index is 0.0794. The number of carbonyl (C=O) groups excluding carboxylic acids is 1. The summed E-state index contributed by atoms with van der Waals surface area (Å²) < 4.78 is 10.4. The third-order valence-corrected chi connectivity index (χ3v) is 6.53. The molecular weight excluding hydrogens is 485 g/mol. The van der Waals surface area contributed by atoms with Gasteiger partial charge in [-0.2, -0.15) is 0 Å². The summed E-state index contributed by atoms with van der Waals surface area (Å²) in [4.78, 5) is 16.6. The molecule has 1 saturated heterocycles. The van der Waals surface area contributed by atoms with Gasteiger partial charge in [-0.15, -0.1) is 0 Å². The van der Waals surface area contributed by atoms with Crippen LogP contribution in [0.5, 0.6) is 5.75 Å². The van der Waals surface area contributed by atoms with Gasteiger partial charge in [-0.1, -0.05) is 65.7 Å². The summed E-state index contributed by atoms with van der Waals surface area (Å²) in [6, 6.07) is 23.9. The van der Waals surface area contributed by atoms with Crippen molar-refractivity contribution < 1.29 is 14.3 Å². The van der Waals surface area contributed by atoms with Crippen LogP contribution in [0.25, 0.3) is 0 Å². The number of rotatable bonds is 8. The molecule has 35 heavy (non-hydrogen) atoms. The van der Waals surface area contributed by atoms with Crippen molar-refractivity contribution in [1.82, 2.24) is 4.90 Å². The molecule has 0 aliphatic carbocycles. The molecule has 2 N–H and O–H groups in total. The van der Waals surface area contributed by atoms with Gasteiger partial charge < -0.3 is 14.4 Å². The molecular formula is C27H29Cl2N3O3. The molecule has 0 bridgehead atoms. The smallest absolute Gasteiger partial charge is 0.362 e. The highest BCUT2D eigenvalue weighted by Gasteiger charge is 2.30. The van der Waals surface area contributed by atoms with E-state index in [4.69, 9.17) is 38.4 Å². The summed E-state index contributed by atoms with van der Waals surface area (Å²) >= 11 is 12.9. The van der Waals surface area contributed by atoms with Gasteiger partial charge in [0.2, 0.25) is 6.23 Å². The Morgan fingerprint density at radius 3 is 2.49 bits per heavy atom. The zero-order valence-corrected chi connectivity index (χ0v) is 21.1. The molecule has 0 radical (unpaired) electrons. The SMILES string of the molecule is CCOC(=O)[C@@H](N)Oc1ccc(N2CCN(Cc3ccccc3)C[C@H]2c2ccc(Cl)cc2)c(Cl)c1. The molecule has 4 rings (SSSR count). The Hall–Kier alpha value is -2.77. The van der Waals surface area contributed by atoms with Crippen LogP contribution in [0.15, 0.2) is 72.8 Å². The van der Waals surface area contributed by atoms with Crippen molar-refractivity contribution in [2.24, 2.45) is 5.73 Å². The number of esters is 1. The summed E-state index contributed by atoms with van der Waals surface area (Å²) in [5.41, 5.74) is 9.13. The molecule has 2 atom stereocenters. The van der Waals surface area contributed by atoms with E-state index in [1.165, 1.54) is 5.56 Å². The maximum absolute atomic E-state index is 11.8. The molecule has 1 fully saturated rings. The Morgan fingerprint density at radius 2 is 1.80 bits per heavy atom. The van der Waals surface area contributed by atoms with Crippen LogP contribution in [0.3, 0.4) is 0 Å². The predicted molar refractivity (Wildman–Crippen MR) is 140 cm³/mol. The average molecular weight is 514 g/mol. The second kappa shape index (κ2) is 11.8. The number of ether oxygens (including phenoxy) is 2. The van der Waals surface area contributed by atoms with E-state index in [0.29, 0.717) is 15.8 Å². The minimum atomic E-state index is -1.21. The number of nitrogens with zero attached hydrogens (tertiary/aromatic N) is 2. The molecule has 1 heterocycles. The summed E-state index contributed by atoms with van der Waals surface area (Å²) in [6.07, 6.45) is -1.21. The molecule has 3 aromatic carbocycles. The van der Waals surface area contributed by atoms with Gasteiger partial charge in [0.1, 0.15) is 5.75 Å². The second-order valence-electron chi connectivity index (χ2n) is 8.39. The van der Waals surface area contributed by atoms with Crippen LogP contribution in [0.4, 0.5) is 5.69 Å². The summed E-state index contributed by atoms with van der Waals surface area (Å²) in [6.45, 7) is 5.35. The van der Waals surface area contributed by atoms with E-state index in [9.17, 15) is 4.79 Å². The maximum atomic E-state index is 11.8. The fraction of sp³-hybridized carbons (Fsp3) is 0.296. The molecule has 8 heteroatoms. The lowest BCUT2D eigenvalue weighted by Gasteiger charge is -2.43. The lowest BCUT2D eigenvalue weighted by molar-refractivity contribution is -0.151. The molecule has 0 saturated carbocycles. The number of anilines is 1. The van der Waals surface area contributed by atoms with Crippen molar-refractivity contribution in [3.63, 3.8) is 0 Å². The highest BCUT2D eigenvalue weighted by Crippen LogP contribution is 2.37. The number of piperazine rings is 1. The molecule has 0 aromatic heterocycles. The quantitative estimate of drug-likeness (QED) is 0.326. The zero-order chi connectivity index (χ0) is 24.8. The first kappa shape index (κ1) is 25.3. The van der Waals surface area contributed by atoms with Crippen LogP contribution in [0, 0.1) is 0 Å². The van der Waals surface area contributed by atoms with Gasteiger partial charge in [0.05, 0.1) is 23.4 Å². The third-order valence-electron chi connectivity index (χ3n) is 5.98. The standard InChI is InChI=1S/C27H29Cl2N3O3/c1-2-34-27(33)26(30)35-22-12-13-24(23(29)16-22)32-15-14-31(17-19-6-4-3-5-7-19)18-25(32)20-8-10-21(28)11-9-20/h3-13,16,25-26H,2,14-15,17-18,30H2,1H3/t25-,26-/m0/s1. The number of nitrogens with two attached hydrogens (primary N) is 1. The van der Waals surface area contributed by atoms with Crippen LogP contribution in [-0.2, 0) is 16.1 Å².